The van der Waals surface area contributed by atoms with E-state index >= 15 is 0 Å². The highest BCUT2D eigenvalue weighted by Crippen LogP contribution is 2.33. The molecule has 0 aromatic heterocycles. The van der Waals surface area contributed by atoms with Crippen molar-refractivity contribution in [1.82, 2.24) is 5.32 Å². The van der Waals surface area contributed by atoms with E-state index in [4.69, 9.17) is 23.2 Å². The van der Waals surface area contributed by atoms with Crippen LogP contribution in [0.1, 0.15) is 35.2 Å². The number of nitrogens with one attached hydrogen (secondary N) is 1. The van der Waals surface area contributed by atoms with Crippen molar-refractivity contribution in [2.24, 2.45) is 0 Å². The molecule has 2 aromatic rings. The Morgan fingerprint density at radius 1 is 1.24 bits per heavy atom. The molecule has 0 heterocycles. The van der Waals surface area contributed by atoms with Gasteiger partial charge in [-0.25, -0.2) is 0 Å². The third-order valence-electron chi connectivity index (χ3n) is 4.25. The van der Waals surface area contributed by atoms with E-state index in [0.717, 1.165) is 29.7 Å². The van der Waals surface area contributed by atoms with Gasteiger partial charge in [0.25, 0.3) is 5.91 Å². The Morgan fingerprint density at radius 2 is 2.04 bits per heavy atom. The molecule has 1 aliphatic rings. The van der Waals surface area contributed by atoms with Gasteiger partial charge in [-0.15, -0.1) is 11.8 Å². The van der Waals surface area contributed by atoms with Gasteiger partial charge in [0.2, 0.25) is 0 Å². The zero-order valence-electron chi connectivity index (χ0n) is 13.4. The Hall–Kier alpha value is -1.67. The van der Waals surface area contributed by atoms with Crippen LogP contribution in [0, 0.1) is 11.3 Å². The van der Waals surface area contributed by atoms with E-state index in [1.807, 2.05) is 24.3 Å². The first-order valence-electron chi connectivity index (χ1n) is 7.92. The summed E-state index contributed by atoms with van der Waals surface area (Å²) in [6, 6.07) is 15.0. The van der Waals surface area contributed by atoms with Gasteiger partial charge in [-0.3, -0.25) is 4.79 Å². The summed E-state index contributed by atoms with van der Waals surface area (Å²) in [4.78, 5) is 13.3. The number of rotatable bonds is 5. The van der Waals surface area contributed by atoms with Crippen LogP contribution >= 0.6 is 35.0 Å². The molecule has 0 spiro atoms. The van der Waals surface area contributed by atoms with Gasteiger partial charge >= 0.3 is 0 Å². The summed E-state index contributed by atoms with van der Waals surface area (Å²) in [7, 11) is 0. The number of halogens is 2. The Balaban J connectivity index is 1.68. The number of nitriles is 1. The Labute approximate surface area is 161 Å². The van der Waals surface area contributed by atoms with Crippen molar-refractivity contribution in [2.75, 3.05) is 0 Å². The van der Waals surface area contributed by atoms with E-state index in [1.54, 1.807) is 30.0 Å². The Morgan fingerprint density at radius 3 is 2.72 bits per heavy atom. The third-order valence-corrected chi connectivity index (χ3v) is 6.05. The van der Waals surface area contributed by atoms with Crippen LogP contribution in [-0.4, -0.2) is 11.4 Å². The fourth-order valence-electron chi connectivity index (χ4n) is 2.64. The van der Waals surface area contributed by atoms with E-state index in [9.17, 15) is 10.1 Å². The maximum atomic E-state index is 12.4. The zero-order chi connectivity index (χ0) is 17.9. The van der Waals surface area contributed by atoms with Gasteiger partial charge in [-0.2, -0.15) is 5.26 Å². The maximum absolute atomic E-state index is 12.4. The number of nitrogens with zero attached hydrogens (tertiary/aromatic N) is 1. The first-order valence-corrected chi connectivity index (χ1v) is 9.66. The SMILES string of the molecule is N#CC1(NC(=O)c2cccc(CSc3cc(Cl)ccc3Cl)c2)CCC1. The number of hydrogen-bond donors (Lipinski definition) is 1. The molecule has 2 aromatic carbocycles. The molecule has 1 aliphatic carbocycles. The van der Waals surface area contributed by atoms with E-state index < -0.39 is 5.54 Å². The van der Waals surface area contributed by atoms with Crippen molar-refractivity contribution in [1.29, 1.82) is 5.26 Å². The average molecular weight is 391 g/mol. The lowest BCUT2D eigenvalue weighted by molar-refractivity contribution is 0.0881. The largest absolute Gasteiger partial charge is 0.334 e. The summed E-state index contributed by atoms with van der Waals surface area (Å²) in [5.74, 6) is 0.471. The quantitative estimate of drug-likeness (QED) is 0.689. The highest BCUT2D eigenvalue weighted by molar-refractivity contribution is 7.98. The second-order valence-corrected chi connectivity index (χ2v) is 7.93. The lowest BCUT2D eigenvalue weighted by Gasteiger charge is -2.35. The predicted molar refractivity (Wildman–Crippen MR) is 102 cm³/mol. The van der Waals surface area contributed by atoms with Crippen molar-refractivity contribution in [3.63, 3.8) is 0 Å². The minimum atomic E-state index is -0.684. The normalized spacial score (nSPS) is 15.1. The standard InChI is InChI=1S/C19H16Cl2N2OS/c20-15-5-6-16(21)17(10-15)25-11-13-3-1-4-14(9-13)18(24)23-19(12-22)7-2-8-19/h1,3-6,9-10H,2,7-8,11H2,(H,23,24). The summed E-state index contributed by atoms with van der Waals surface area (Å²) in [6.45, 7) is 0. The topological polar surface area (TPSA) is 52.9 Å². The van der Waals surface area contributed by atoms with Gasteiger partial charge in [0, 0.05) is 21.2 Å². The smallest absolute Gasteiger partial charge is 0.252 e. The molecule has 3 nitrogen and oxygen atoms in total. The lowest BCUT2D eigenvalue weighted by atomic mass is 9.78. The first kappa shape index (κ1) is 18.1. The molecule has 0 unspecified atom stereocenters. The van der Waals surface area contributed by atoms with Crippen LogP contribution in [0.5, 0.6) is 0 Å². The molecule has 0 bridgehead atoms. The summed E-state index contributed by atoms with van der Waals surface area (Å²) in [5.41, 5.74) is 0.890. The summed E-state index contributed by atoms with van der Waals surface area (Å²) >= 11 is 13.8. The highest BCUT2D eigenvalue weighted by Gasteiger charge is 2.38. The van der Waals surface area contributed by atoms with Gasteiger partial charge in [-0.05, 0) is 55.2 Å². The molecule has 6 heteroatoms. The lowest BCUT2D eigenvalue weighted by Crippen LogP contribution is -2.52. The second-order valence-electron chi connectivity index (χ2n) is 6.07. The molecule has 1 saturated carbocycles. The monoisotopic (exact) mass is 390 g/mol. The maximum Gasteiger partial charge on any atom is 0.252 e. The van der Waals surface area contributed by atoms with Crippen LogP contribution in [0.25, 0.3) is 0 Å². The molecule has 0 aliphatic heterocycles. The van der Waals surface area contributed by atoms with Crippen molar-refractivity contribution in [3.05, 3.63) is 63.6 Å². The Kier molecular flexibility index (Phi) is 5.58. The van der Waals surface area contributed by atoms with Crippen LogP contribution in [0.2, 0.25) is 10.0 Å². The molecule has 0 saturated heterocycles. The molecule has 0 atom stereocenters. The molecule has 3 rings (SSSR count). The van der Waals surface area contributed by atoms with Crippen molar-refractivity contribution in [3.8, 4) is 6.07 Å². The second kappa shape index (κ2) is 7.70. The minimum absolute atomic E-state index is 0.200. The Bertz CT molecular complexity index is 844. The number of benzene rings is 2. The van der Waals surface area contributed by atoms with E-state index in [0.29, 0.717) is 21.4 Å². The molecule has 25 heavy (non-hydrogen) atoms. The van der Waals surface area contributed by atoms with E-state index in [2.05, 4.69) is 11.4 Å². The average Bonchev–Trinajstić information content (AvgIpc) is 2.59. The van der Waals surface area contributed by atoms with Crippen LogP contribution in [0.4, 0.5) is 0 Å². The predicted octanol–water partition coefficient (Wildman–Crippen LogP) is 5.46. The van der Waals surface area contributed by atoms with Crippen LogP contribution < -0.4 is 5.32 Å². The fourth-order valence-corrected chi connectivity index (χ4v) is 4.07. The first-order chi connectivity index (χ1) is 12.0. The third kappa shape index (κ3) is 4.30. The van der Waals surface area contributed by atoms with Crippen molar-refractivity contribution >= 4 is 40.9 Å². The fraction of sp³-hybridized carbons (Fsp3) is 0.263. The number of carbonyl (C=O) groups excluding carboxylic acids is 1. The van der Waals surface area contributed by atoms with Crippen LogP contribution in [0.15, 0.2) is 47.4 Å². The molecule has 1 fully saturated rings. The van der Waals surface area contributed by atoms with Gasteiger partial charge in [0.1, 0.15) is 5.54 Å². The van der Waals surface area contributed by atoms with Gasteiger partial charge < -0.3 is 5.32 Å². The molecule has 0 radical (unpaired) electrons. The van der Waals surface area contributed by atoms with Crippen LogP contribution in [-0.2, 0) is 5.75 Å². The molecular weight excluding hydrogens is 375 g/mol. The molecule has 128 valence electrons. The van der Waals surface area contributed by atoms with E-state index in [1.165, 1.54) is 0 Å². The van der Waals surface area contributed by atoms with Crippen molar-refractivity contribution < 1.29 is 4.79 Å². The van der Waals surface area contributed by atoms with Gasteiger partial charge in [0.15, 0.2) is 0 Å². The van der Waals surface area contributed by atoms with Crippen LogP contribution in [0.3, 0.4) is 0 Å². The van der Waals surface area contributed by atoms with Gasteiger partial charge in [-0.1, -0.05) is 35.3 Å². The summed E-state index contributed by atoms with van der Waals surface area (Å²) < 4.78 is 0. The minimum Gasteiger partial charge on any atom is -0.334 e. The summed E-state index contributed by atoms with van der Waals surface area (Å²) in [5, 5.41) is 13.4. The zero-order valence-corrected chi connectivity index (χ0v) is 15.7. The summed E-state index contributed by atoms with van der Waals surface area (Å²) in [6.07, 6.45) is 2.42. The number of thioether (sulfide) groups is 1. The number of amides is 1. The molecule has 1 N–H and O–H groups in total. The molecular formula is C19H16Cl2N2OS. The number of hydrogen-bond acceptors (Lipinski definition) is 3. The highest BCUT2D eigenvalue weighted by atomic mass is 35.5. The number of carbonyl (C=O) groups is 1. The van der Waals surface area contributed by atoms with Crippen molar-refractivity contribution in [2.45, 2.75) is 35.4 Å². The molecule has 1 amide bonds. The van der Waals surface area contributed by atoms with E-state index in [-0.39, 0.29) is 5.91 Å². The van der Waals surface area contributed by atoms with Gasteiger partial charge in [0.05, 0.1) is 11.1 Å².